The lowest BCUT2D eigenvalue weighted by molar-refractivity contribution is -0.120. The fourth-order valence-electron chi connectivity index (χ4n) is 1.36. The molecule has 1 rings (SSSR count). The van der Waals surface area contributed by atoms with E-state index in [0.29, 0.717) is 17.9 Å². The normalized spacial score (nSPS) is 10.5. The maximum atomic E-state index is 11.2. The van der Waals surface area contributed by atoms with Crippen molar-refractivity contribution in [3.05, 3.63) is 29.8 Å². The highest BCUT2D eigenvalue weighted by Gasteiger charge is 2.06. The Bertz CT molecular complexity index is 408. The molecule has 0 radical (unpaired) electrons. The zero-order valence-electron chi connectivity index (χ0n) is 10.5. The Balaban J connectivity index is 2.81. The summed E-state index contributed by atoms with van der Waals surface area (Å²) in [7, 11) is 1.59. The number of benzene rings is 1. The summed E-state index contributed by atoms with van der Waals surface area (Å²) in [6.45, 7) is 3.87. The third kappa shape index (κ3) is 3.94. The van der Waals surface area contributed by atoms with Gasteiger partial charge in [0.2, 0.25) is 0 Å². The standard InChI is InChI=1S/C14H18O3/c1-4-6-11-7-8-13(14(9-11)16-3)17-10-12(15)5-2/h4,6-9H,5,10H2,1-3H3. The number of rotatable bonds is 6. The van der Waals surface area contributed by atoms with E-state index in [0.717, 1.165) is 5.56 Å². The van der Waals surface area contributed by atoms with Gasteiger partial charge in [-0.3, -0.25) is 4.79 Å². The number of allylic oxidation sites excluding steroid dienone is 1. The fraction of sp³-hybridized carbons (Fsp3) is 0.357. The molecule has 0 unspecified atom stereocenters. The van der Waals surface area contributed by atoms with Crippen molar-refractivity contribution in [3.63, 3.8) is 0 Å². The second kappa shape index (κ2) is 6.74. The number of carbonyl (C=O) groups excluding carboxylic acids is 1. The minimum absolute atomic E-state index is 0.0737. The van der Waals surface area contributed by atoms with E-state index in [1.807, 2.05) is 44.2 Å². The van der Waals surface area contributed by atoms with Crippen LogP contribution in [0.15, 0.2) is 24.3 Å². The van der Waals surface area contributed by atoms with Crippen molar-refractivity contribution in [3.8, 4) is 11.5 Å². The number of carbonyl (C=O) groups is 1. The smallest absolute Gasteiger partial charge is 0.169 e. The molecule has 0 aromatic heterocycles. The number of hydrogen-bond donors (Lipinski definition) is 0. The average molecular weight is 234 g/mol. The highest BCUT2D eigenvalue weighted by Crippen LogP contribution is 2.28. The molecule has 0 saturated carbocycles. The van der Waals surface area contributed by atoms with Gasteiger partial charge in [0.25, 0.3) is 0 Å². The predicted octanol–water partition coefficient (Wildman–Crippen LogP) is 3.09. The maximum Gasteiger partial charge on any atom is 0.169 e. The molecule has 0 bridgehead atoms. The van der Waals surface area contributed by atoms with Crippen molar-refractivity contribution in [2.24, 2.45) is 0 Å². The van der Waals surface area contributed by atoms with Gasteiger partial charge < -0.3 is 9.47 Å². The van der Waals surface area contributed by atoms with Gasteiger partial charge in [0.15, 0.2) is 17.3 Å². The Morgan fingerprint density at radius 1 is 1.35 bits per heavy atom. The van der Waals surface area contributed by atoms with Crippen LogP contribution in [-0.2, 0) is 4.79 Å². The molecule has 1 aromatic rings. The van der Waals surface area contributed by atoms with Crippen molar-refractivity contribution >= 4 is 11.9 Å². The molecule has 3 heteroatoms. The molecule has 0 atom stereocenters. The summed E-state index contributed by atoms with van der Waals surface area (Å²) in [4.78, 5) is 11.2. The minimum atomic E-state index is 0.0737. The molecule has 1 aromatic carbocycles. The first-order chi connectivity index (χ1) is 8.21. The summed E-state index contributed by atoms with van der Waals surface area (Å²) in [6.07, 6.45) is 4.42. The summed E-state index contributed by atoms with van der Waals surface area (Å²) in [6, 6.07) is 5.62. The molecule has 0 fully saturated rings. The Morgan fingerprint density at radius 3 is 2.71 bits per heavy atom. The predicted molar refractivity (Wildman–Crippen MR) is 68.5 cm³/mol. The van der Waals surface area contributed by atoms with E-state index in [-0.39, 0.29) is 12.4 Å². The largest absolute Gasteiger partial charge is 0.493 e. The van der Waals surface area contributed by atoms with Gasteiger partial charge in [-0.05, 0) is 24.6 Å². The number of methoxy groups -OCH3 is 1. The van der Waals surface area contributed by atoms with E-state index in [1.54, 1.807) is 7.11 Å². The van der Waals surface area contributed by atoms with Crippen molar-refractivity contribution < 1.29 is 14.3 Å². The first-order valence-electron chi connectivity index (χ1n) is 5.66. The maximum absolute atomic E-state index is 11.2. The summed E-state index contributed by atoms with van der Waals surface area (Å²) in [5.74, 6) is 1.32. The van der Waals surface area contributed by atoms with Crippen LogP contribution in [0.4, 0.5) is 0 Å². The van der Waals surface area contributed by atoms with Gasteiger partial charge in [0.05, 0.1) is 7.11 Å². The molecule has 0 saturated heterocycles. The third-order valence-electron chi connectivity index (χ3n) is 2.33. The van der Waals surface area contributed by atoms with Crippen LogP contribution in [-0.4, -0.2) is 19.5 Å². The molecule has 3 nitrogen and oxygen atoms in total. The van der Waals surface area contributed by atoms with Crippen LogP contribution in [0.25, 0.3) is 6.08 Å². The second-order valence-corrected chi connectivity index (χ2v) is 3.59. The second-order valence-electron chi connectivity index (χ2n) is 3.59. The molecule has 0 aliphatic heterocycles. The number of Topliss-reactive ketones (excluding diaryl/α,β-unsaturated/α-hetero) is 1. The highest BCUT2D eigenvalue weighted by molar-refractivity contribution is 5.79. The van der Waals surface area contributed by atoms with Gasteiger partial charge in [0.1, 0.15) is 6.61 Å². The zero-order chi connectivity index (χ0) is 12.7. The Labute approximate surface area is 102 Å². The lowest BCUT2D eigenvalue weighted by Gasteiger charge is -2.10. The van der Waals surface area contributed by atoms with E-state index in [9.17, 15) is 4.79 Å². The fourth-order valence-corrected chi connectivity index (χ4v) is 1.36. The quantitative estimate of drug-likeness (QED) is 0.758. The third-order valence-corrected chi connectivity index (χ3v) is 2.33. The van der Waals surface area contributed by atoms with Gasteiger partial charge in [0, 0.05) is 6.42 Å². The number of ketones is 1. The van der Waals surface area contributed by atoms with Gasteiger partial charge in [-0.1, -0.05) is 25.1 Å². The number of ether oxygens (including phenoxy) is 2. The van der Waals surface area contributed by atoms with Crippen LogP contribution in [0.1, 0.15) is 25.8 Å². The molecule has 0 amide bonds. The van der Waals surface area contributed by atoms with Crippen molar-refractivity contribution in [2.45, 2.75) is 20.3 Å². The van der Waals surface area contributed by atoms with E-state index < -0.39 is 0 Å². The summed E-state index contributed by atoms with van der Waals surface area (Å²) in [5, 5.41) is 0. The van der Waals surface area contributed by atoms with Gasteiger partial charge >= 0.3 is 0 Å². The monoisotopic (exact) mass is 234 g/mol. The highest BCUT2D eigenvalue weighted by atomic mass is 16.5. The molecule has 92 valence electrons. The van der Waals surface area contributed by atoms with Gasteiger partial charge in [-0.15, -0.1) is 0 Å². The van der Waals surface area contributed by atoms with Crippen LogP contribution in [0.5, 0.6) is 11.5 Å². The van der Waals surface area contributed by atoms with E-state index in [2.05, 4.69) is 0 Å². The van der Waals surface area contributed by atoms with Gasteiger partial charge in [-0.2, -0.15) is 0 Å². The molecule has 17 heavy (non-hydrogen) atoms. The van der Waals surface area contributed by atoms with Crippen molar-refractivity contribution in [2.75, 3.05) is 13.7 Å². The van der Waals surface area contributed by atoms with Crippen molar-refractivity contribution in [1.82, 2.24) is 0 Å². The first-order valence-corrected chi connectivity index (χ1v) is 5.66. The topological polar surface area (TPSA) is 35.5 Å². The summed E-state index contributed by atoms with van der Waals surface area (Å²) >= 11 is 0. The Kier molecular flexibility index (Phi) is 5.27. The van der Waals surface area contributed by atoms with E-state index in [4.69, 9.17) is 9.47 Å². The van der Waals surface area contributed by atoms with Crippen LogP contribution in [0.3, 0.4) is 0 Å². The lowest BCUT2D eigenvalue weighted by Crippen LogP contribution is -2.10. The van der Waals surface area contributed by atoms with Gasteiger partial charge in [-0.25, -0.2) is 0 Å². The molecule has 0 N–H and O–H groups in total. The summed E-state index contributed by atoms with van der Waals surface area (Å²) in [5.41, 5.74) is 1.04. The SMILES string of the molecule is CC=Cc1ccc(OCC(=O)CC)c(OC)c1. The van der Waals surface area contributed by atoms with E-state index in [1.165, 1.54) is 0 Å². The van der Waals surface area contributed by atoms with Crippen LogP contribution >= 0.6 is 0 Å². The van der Waals surface area contributed by atoms with Crippen LogP contribution < -0.4 is 9.47 Å². The molecule has 0 aliphatic carbocycles. The Morgan fingerprint density at radius 2 is 2.12 bits per heavy atom. The molecule has 0 spiro atoms. The first kappa shape index (κ1) is 13.3. The molecular formula is C14H18O3. The average Bonchev–Trinajstić information content (AvgIpc) is 2.36. The lowest BCUT2D eigenvalue weighted by atomic mass is 10.2. The molecule has 0 aliphatic rings. The summed E-state index contributed by atoms with van der Waals surface area (Å²) < 4.78 is 10.6. The molecule has 0 heterocycles. The minimum Gasteiger partial charge on any atom is -0.493 e. The van der Waals surface area contributed by atoms with Crippen LogP contribution in [0.2, 0.25) is 0 Å². The molecular weight excluding hydrogens is 216 g/mol. The number of hydrogen-bond acceptors (Lipinski definition) is 3. The Hall–Kier alpha value is -1.77. The van der Waals surface area contributed by atoms with E-state index >= 15 is 0 Å². The zero-order valence-corrected chi connectivity index (χ0v) is 10.5. The van der Waals surface area contributed by atoms with Crippen LogP contribution in [0, 0.1) is 0 Å². The van der Waals surface area contributed by atoms with Crippen molar-refractivity contribution in [1.29, 1.82) is 0 Å².